The lowest BCUT2D eigenvalue weighted by Crippen LogP contribution is -2.32. The minimum Gasteiger partial charge on any atom is -0.507 e. The van der Waals surface area contributed by atoms with Gasteiger partial charge in [0.15, 0.2) is 0 Å². The predicted molar refractivity (Wildman–Crippen MR) is 95.8 cm³/mol. The Balaban J connectivity index is 2.11. The van der Waals surface area contributed by atoms with Gasteiger partial charge in [0.2, 0.25) is 0 Å². The first kappa shape index (κ1) is 16.4. The molecule has 0 aromatic heterocycles. The summed E-state index contributed by atoms with van der Waals surface area (Å²) in [5.74, 6) is 0.984. The molecule has 0 saturated carbocycles. The van der Waals surface area contributed by atoms with E-state index < -0.39 is 0 Å². The molecular weight excluding hydrogens is 310 g/mol. The summed E-state index contributed by atoms with van der Waals surface area (Å²) in [6.45, 7) is 6.43. The van der Waals surface area contributed by atoms with Crippen LogP contribution in [-0.4, -0.2) is 30.2 Å². The summed E-state index contributed by atoms with van der Waals surface area (Å²) in [6, 6.07) is 5.98. The van der Waals surface area contributed by atoms with E-state index in [0.29, 0.717) is 16.5 Å². The quantitative estimate of drug-likeness (QED) is 0.851. The van der Waals surface area contributed by atoms with Gasteiger partial charge in [-0.25, -0.2) is 0 Å². The minimum atomic E-state index is 0.209. The molecule has 0 amide bonds. The number of rotatable bonds is 3. The third-order valence-electron chi connectivity index (χ3n) is 5.02. The number of hydrogen-bond acceptors (Lipinski definition) is 3. The molecule has 1 saturated heterocycles. The largest absolute Gasteiger partial charge is 0.507 e. The van der Waals surface area contributed by atoms with Crippen molar-refractivity contribution in [3.05, 3.63) is 34.3 Å². The maximum atomic E-state index is 10.9. The summed E-state index contributed by atoms with van der Waals surface area (Å²) in [6.07, 6.45) is 3.78. The highest BCUT2D eigenvalue weighted by Gasteiger charge is 2.24. The monoisotopic (exact) mass is 333 g/mol. The minimum absolute atomic E-state index is 0.209. The Kier molecular flexibility index (Phi) is 4.69. The lowest BCUT2D eigenvalue weighted by molar-refractivity contribution is 0.172. The van der Waals surface area contributed by atoms with Gasteiger partial charge in [-0.05, 0) is 63.5 Å². The van der Waals surface area contributed by atoms with E-state index in [1.807, 2.05) is 19.1 Å². The molecule has 1 atom stereocenters. The molecule has 1 unspecified atom stereocenters. The number of phenols is 1. The first-order chi connectivity index (χ1) is 11.0. The number of fused-ring (bicyclic) bond motifs is 1. The Morgan fingerprint density at radius 3 is 2.52 bits per heavy atom. The fraction of sp³-hybridized carbons (Fsp3) is 0.474. The maximum Gasteiger partial charge on any atom is 0.138 e. The van der Waals surface area contributed by atoms with Crippen LogP contribution in [0.3, 0.4) is 0 Å². The number of methoxy groups -OCH3 is 1. The molecule has 2 aromatic rings. The average Bonchev–Trinajstić information content (AvgIpc) is 2.56. The Bertz CT molecular complexity index is 723. The highest BCUT2D eigenvalue weighted by Crippen LogP contribution is 2.42. The number of likely N-dealkylation sites (tertiary alicyclic amines) is 1. The SMILES string of the molecule is COc1ccc2c(O)c(C(C)N3CCCCC3)c(C)cc2c1Cl. The molecule has 2 aromatic carbocycles. The predicted octanol–water partition coefficient (Wildman–Crippen LogP) is 5.06. The van der Waals surface area contributed by atoms with Crippen LogP contribution in [0.5, 0.6) is 11.5 Å². The molecule has 3 rings (SSSR count). The zero-order valence-electron chi connectivity index (χ0n) is 14.0. The Morgan fingerprint density at radius 1 is 1.17 bits per heavy atom. The van der Waals surface area contributed by atoms with Crippen molar-refractivity contribution in [2.45, 2.75) is 39.2 Å². The van der Waals surface area contributed by atoms with Gasteiger partial charge in [0.25, 0.3) is 0 Å². The van der Waals surface area contributed by atoms with Gasteiger partial charge in [0.05, 0.1) is 12.1 Å². The second-order valence-electron chi connectivity index (χ2n) is 6.41. The molecule has 1 aliphatic heterocycles. The van der Waals surface area contributed by atoms with E-state index in [9.17, 15) is 5.11 Å². The van der Waals surface area contributed by atoms with Gasteiger partial charge in [-0.1, -0.05) is 18.0 Å². The van der Waals surface area contributed by atoms with Crippen molar-refractivity contribution in [1.29, 1.82) is 0 Å². The van der Waals surface area contributed by atoms with Gasteiger partial charge >= 0.3 is 0 Å². The molecule has 0 bridgehead atoms. The highest BCUT2D eigenvalue weighted by atomic mass is 35.5. The fourth-order valence-corrected chi connectivity index (χ4v) is 4.02. The summed E-state index contributed by atoms with van der Waals surface area (Å²) in [5.41, 5.74) is 2.09. The second-order valence-corrected chi connectivity index (χ2v) is 6.78. The van der Waals surface area contributed by atoms with Crippen LogP contribution in [0.25, 0.3) is 10.8 Å². The van der Waals surface area contributed by atoms with Crippen molar-refractivity contribution >= 4 is 22.4 Å². The number of hydrogen-bond donors (Lipinski definition) is 1. The van der Waals surface area contributed by atoms with Crippen LogP contribution in [0.2, 0.25) is 5.02 Å². The van der Waals surface area contributed by atoms with Crippen LogP contribution in [0, 0.1) is 6.92 Å². The first-order valence-corrected chi connectivity index (χ1v) is 8.65. The molecule has 0 radical (unpaired) electrons. The van der Waals surface area contributed by atoms with Crippen LogP contribution in [0.15, 0.2) is 18.2 Å². The molecule has 0 aliphatic carbocycles. The zero-order valence-corrected chi connectivity index (χ0v) is 14.8. The summed E-state index contributed by atoms with van der Waals surface area (Å²) in [5, 5.41) is 13.1. The smallest absolute Gasteiger partial charge is 0.138 e. The van der Waals surface area contributed by atoms with Gasteiger partial charge in [0.1, 0.15) is 11.5 Å². The molecule has 1 N–H and O–H groups in total. The second kappa shape index (κ2) is 6.58. The molecule has 1 fully saturated rings. The van der Waals surface area contributed by atoms with Crippen molar-refractivity contribution < 1.29 is 9.84 Å². The number of phenolic OH excluding ortho intramolecular Hbond substituents is 1. The summed E-state index contributed by atoms with van der Waals surface area (Å²) in [7, 11) is 1.60. The van der Waals surface area contributed by atoms with Crippen LogP contribution in [0.1, 0.15) is 43.4 Å². The highest BCUT2D eigenvalue weighted by molar-refractivity contribution is 6.37. The van der Waals surface area contributed by atoms with E-state index in [1.165, 1.54) is 19.3 Å². The molecule has 124 valence electrons. The van der Waals surface area contributed by atoms with Gasteiger partial charge in [0, 0.05) is 22.4 Å². The van der Waals surface area contributed by atoms with Crippen LogP contribution in [-0.2, 0) is 0 Å². The van der Waals surface area contributed by atoms with Crippen molar-refractivity contribution in [3.63, 3.8) is 0 Å². The van der Waals surface area contributed by atoms with E-state index in [0.717, 1.165) is 35.0 Å². The van der Waals surface area contributed by atoms with Crippen molar-refractivity contribution in [1.82, 2.24) is 4.90 Å². The molecule has 3 nitrogen and oxygen atoms in total. The molecule has 1 aliphatic rings. The standard InChI is InChI=1S/C19H24ClNO2/c1-12-11-15-14(7-8-16(23-3)18(15)20)19(22)17(12)13(2)21-9-5-4-6-10-21/h7-8,11,13,22H,4-6,9-10H2,1-3H3. The molecule has 23 heavy (non-hydrogen) atoms. The summed E-state index contributed by atoms with van der Waals surface area (Å²) >= 11 is 6.42. The van der Waals surface area contributed by atoms with Crippen LogP contribution < -0.4 is 4.74 Å². The number of ether oxygens (including phenoxy) is 1. The number of benzene rings is 2. The topological polar surface area (TPSA) is 32.7 Å². The van der Waals surface area contributed by atoms with Crippen LogP contribution >= 0.6 is 11.6 Å². The molecule has 0 spiro atoms. The number of nitrogens with zero attached hydrogens (tertiary/aromatic N) is 1. The Labute approximate surface area is 142 Å². The van der Waals surface area contributed by atoms with Crippen molar-refractivity contribution in [3.8, 4) is 11.5 Å². The van der Waals surface area contributed by atoms with Gasteiger partial charge < -0.3 is 9.84 Å². The van der Waals surface area contributed by atoms with Gasteiger partial charge in [-0.15, -0.1) is 0 Å². The van der Waals surface area contributed by atoms with Gasteiger partial charge in [-0.2, -0.15) is 0 Å². The Hall–Kier alpha value is -1.45. The summed E-state index contributed by atoms with van der Waals surface area (Å²) in [4.78, 5) is 2.46. The fourth-order valence-electron chi connectivity index (χ4n) is 3.72. The number of aromatic hydroxyl groups is 1. The normalized spacial score (nSPS) is 17.4. The number of aryl methyl sites for hydroxylation is 1. The maximum absolute atomic E-state index is 10.9. The Morgan fingerprint density at radius 2 is 1.87 bits per heavy atom. The third-order valence-corrected chi connectivity index (χ3v) is 5.41. The first-order valence-electron chi connectivity index (χ1n) is 8.27. The molecule has 1 heterocycles. The lowest BCUT2D eigenvalue weighted by Gasteiger charge is -2.34. The third kappa shape index (κ3) is 2.88. The van der Waals surface area contributed by atoms with Crippen molar-refractivity contribution in [2.75, 3.05) is 20.2 Å². The molecular formula is C19H24ClNO2. The van der Waals surface area contributed by atoms with E-state index in [-0.39, 0.29) is 6.04 Å². The van der Waals surface area contributed by atoms with Crippen molar-refractivity contribution in [2.24, 2.45) is 0 Å². The summed E-state index contributed by atoms with van der Waals surface area (Å²) < 4.78 is 5.28. The average molecular weight is 334 g/mol. The number of piperidine rings is 1. The van der Waals surface area contributed by atoms with E-state index in [2.05, 4.69) is 17.9 Å². The van der Waals surface area contributed by atoms with E-state index in [1.54, 1.807) is 7.11 Å². The van der Waals surface area contributed by atoms with Gasteiger partial charge in [-0.3, -0.25) is 4.90 Å². The number of halogens is 1. The van der Waals surface area contributed by atoms with Crippen LogP contribution in [0.4, 0.5) is 0 Å². The van der Waals surface area contributed by atoms with E-state index >= 15 is 0 Å². The zero-order chi connectivity index (χ0) is 16.6. The molecule has 4 heteroatoms. The lowest BCUT2D eigenvalue weighted by atomic mass is 9.94. The van der Waals surface area contributed by atoms with E-state index in [4.69, 9.17) is 16.3 Å².